The fraction of sp³-hybridized carbons (Fsp3) is 0.333. The first kappa shape index (κ1) is 17.5. The highest BCUT2D eigenvalue weighted by molar-refractivity contribution is 5.14. The number of hydrogen-bond donors (Lipinski definition) is 0. The molecule has 122 valence electrons. The number of allylic oxidation sites excluding steroid dienone is 1. The second kappa shape index (κ2) is 9.98. The minimum Gasteiger partial charge on any atom is -0.371 e. The largest absolute Gasteiger partial charge is 0.371 e. The molecule has 0 aliphatic carbocycles. The van der Waals surface area contributed by atoms with E-state index >= 15 is 0 Å². The summed E-state index contributed by atoms with van der Waals surface area (Å²) in [5.41, 5.74) is 2.37. The summed E-state index contributed by atoms with van der Waals surface area (Å²) >= 11 is 0. The molecule has 2 heteroatoms. The fourth-order valence-corrected chi connectivity index (χ4v) is 2.47. The maximum Gasteiger partial charge on any atom is 0.102 e. The second-order valence-electron chi connectivity index (χ2n) is 5.53. The Balaban J connectivity index is 1.93. The molecule has 0 aliphatic heterocycles. The van der Waals surface area contributed by atoms with E-state index in [1.165, 1.54) is 11.1 Å². The molecule has 0 N–H and O–H groups in total. The Morgan fingerprint density at radius 2 is 1.35 bits per heavy atom. The SMILES string of the molecule is C/C=C/[C@@H](OCc1ccccc1)[C@H](CC)OCc1ccccc1. The summed E-state index contributed by atoms with van der Waals surface area (Å²) in [5.74, 6) is 0. The number of hydrogen-bond acceptors (Lipinski definition) is 2. The van der Waals surface area contributed by atoms with Gasteiger partial charge in [0, 0.05) is 0 Å². The average Bonchev–Trinajstić information content (AvgIpc) is 2.62. The molecule has 2 atom stereocenters. The zero-order chi connectivity index (χ0) is 16.3. The summed E-state index contributed by atoms with van der Waals surface area (Å²) in [7, 11) is 0. The molecule has 2 rings (SSSR count). The number of benzene rings is 2. The van der Waals surface area contributed by atoms with Crippen molar-refractivity contribution in [2.45, 2.75) is 45.7 Å². The van der Waals surface area contributed by atoms with Gasteiger partial charge in [-0.25, -0.2) is 0 Å². The van der Waals surface area contributed by atoms with E-state index < -0.39 is 0 Å². The third-order valence-electron chi connectivity index (χ3n) is 3.74. The van der Waals surface area contributed by atoms with Gasteiger partial charge >= 0.3 is 0 Å². The summed E-state index contributed by atoms with van der Waals surface area (Å²) in [4.78, 5) is 0. The first-order valence-corrected chi connectivity index (χ1v) is 8.27. The summed E-state index contributed by atoms with van der Waals surface area (Å²) in [6, 6.07) is 20.5. The van der Waals surface area contributed by atoms with Gasteiger partial charge in [-0.15, -0.1) is 0 Å². The lowest BCUT2D eigenvalue weighted by atomic mass is 10.1. The molecule has 0 aliphatic rings. The Morgan fingerprint density at radius 3 is 1.83 bits per heavy atom. The first-order chi connectivity index (χ1) is 11.3. The molecule has 0 radical (unpaired) electrons. The Bertz CT molecular complexity index is 563. The normalized spacial score (nSPS) is 14.0. The van der Waals surface area contributed by atoms with E-state index in [9.17, 15) is 0 Å². The van der Waals surface area contributed by atoms with Crippen LogP contribution in [0.25, 0.3) is 0 Å². The molecule has 0 heterocycles. The predicted octanol–water partition coefficient (Wildman–Crippen LogP) is 5.14. The van der Waals surface area contributed by atoms with Crippen LogP contribution in [0.3, 0.4) is 0 Å². The molecule has 0 spiro atoms. The van der Waals surface area contributed by atoms with Gasteiger partial charge in [0.15, 0.2) is 0 Å². The summed E-state index contributed by atoms with van der Waals surface area (Å²) in [6.07, 6.45) is 5.05. The topological polar surface area (TPSA) is 18.5 Å². The van der Waals surface area contributed by atoms with Crippen LogP contribution in [0.4, 0.5) is 0 Å². The van der Waals surface area contributed by atoms with Gasteiger partial charge in [-0.3, -0.25) is 0 Å². The van der Waals surface area contributed by atoms with Crippen LogP contribution in [0, 0.1) is 0 Å². The van der Waals surface area contributed by atoms with Crippen molar-refractivity contribution in [3.05, 3.63) is 83.9 Å². The van der Waals surface area contributed by atoms with Crippen LogP contribution in [0.5, 0.6) is 0 Å². The van der Waals surface area contributed by atoms with Gasteiger partial charge in [-0.1, -0.05) is 79.7 Å². The molecular weight excluding hydrogens is 284 g/mol. The lowest BCUT2D eigenvalue weighted by Crippen LogP contribution is -2.29. The highest BCUT2D eigenvalue weighted by Gasteiger charge is 2.19. The number of rotatable bonds is 9. The average molecular weight is 310 g/mol. The van der Waals surface area contributed by atoms with Gasteiger partial charge < -0.3 is 9.47 Å². The number of ether oxygens (including phenoxy) is 2. The van der Waals surface area contributed by atoms with Gasteiger partial charge in [-0.05, 0) is 24.5 Å². The third-order valence-corrected chi connectivity index (χ3v) is 3.74. The van der Waals surface area contributed by atoms with Crippen molar-refractivity contribution in [3.63, 3.8) is 0 Å². The highest BCUT2D eigenvalue weighted by Crippen LogP contribution is 2.15. The van der Waals surface area contributed by atoms with Gasteiger partial charge in [0.05, 0.1) is 19.3 Å². The van der Waals surface area contributed by atoms with E-state index in [2.05, 4.69) is 37.3 Å². The van der Waals surface area contributed by atoms with Crippen molar-refractivity contribution in [1.82, 2.24) is 0 Å². The van der Waals surface area contributed by atoms with Crippen LogP contribution in [0.2, 0.25) is 0 Å². The van der Waals surface area contributed by atoms with Crippen LogP contribution in [0.15, 0.2) is 72.8 Å². The highest BCUT2D eigenvalue weighted by atomic mass is 16.5. The van der Waals surface area contributed by atoms with Crippen LogP contribution in [0.1, 0.15) is 31.4 Å². The maximum absolute atomic E-state index is 6.10. The van der Waals surface area contributed by atoms with Crippen molar-refractivity contribution in [2.75, 3.05) is 0 Å². The summed E-state index contributed by atoms with van der Waals surface area (Å²) in [5, 5.41) is 0. The second-order valence-corrected chi connectivity index (χ2v) is 5.53. The molecule has 0 saturated carbocycles. The van der Waals surface area contributed by atoms with Crippen molar-refractivity contribution >= 4 is 0 Å². The molecule has 2 aromatic rings. The van der Waals surface area contributed by atoms with E-state index in [1.807, 2.05) is 49.4 Å². The van der Waals surface area contributed by atoms with Crippen molar-refractivity contribution in [3.8, 4) is 0 Å². The lowest BCUT2D eigenvalue weighted by molar-refractivity contribution is -0.0658. The van der Waals surface area contributed by atoms with Gasteiger partial charge in [0.1, 0.15) is 6.10 Å². The molecule has 23 heavy (non-hydrogen) atoms. The van der Waals surface area contributed by atoms with Crippen LogP contribution in [-0.2, 0) is 22.7 Å². The standard InChI is InChI=1S/C21H26O2/c1-3-11-21(23-17-19-14-9-6-10-15-19)20(4-2)22-16-18-12-7-5-8-13-18/h3,5-15,20-21H,4,16-17H2,1-2H3/b11-3+/t20-,21+/m0/s1. The minimum absolute atomic E-state index is 0.0334. The van der Waals surface area contributed by atoms with E-state index in [0.29, 0.717) is 13.2 Å². The maximum atomic E-state index is 6.10. The Hall–Kier alpha value is -1.90. The van der Waals surface area contributed by atoms with Crippen LogP contribution in [-0.4, -0.2) is 12.2 Å². The molecule has 0 amide bonds. The quantitative estimate of drug-likeness (QED) is 0.597. The molecular formula is C21H26O2. The van der Waals surface area contributed by atoms with Crippen LogP contribution < -0.4 is 0 Å². The third kappa shape index (κ3) is 6.01. The van der Waals surface area contributed by atoms with E-state index in [0.717, 1.165) is 6.42 Å². The van der Waals surface area contributed by atoms with Crippen molar-refractivity contribution in [2.24, 2.45) is 0 Å². The zero-order valence-corrected chi connectivity index (χ0v) is 14.0. The smallest absolute Gasteiger partial charge is 0.102 e. The zero-order valence-electron chi connectivity index (χ0n) is 14.0. The van der Waals surface area contributed by atoms with Crippen LogP contribution >= 0.6 is 0 Å². The molecule has 0 unspecified atom stereocenters. The Kier molecular flexibility index (Phi) is 7.58. The minimum atomic E-state index is -0.0334. The van der Waals surface area contributed by atoms with E-state index in [1.54, 1.807) is 0 Å². The Labute approximate surface area is 139 Å². The molecule has 2 aromatic carbocycles. The summed E-state index contributed by atoms with van der Waals surface area (Å²) < 4.78 is 12.2. The van der Waals surface area contributed by atoms with Gasteiger partial charge in [-0.2, -0.15) is 0 Å². The summed E-state index contributed by atoms with van der Waals surface area (Å²) in [6.45, 7) is 5.37. The molecule has 0 bridgehead atoms. The van der Waals surface area contributed by atoms with Crippen molar-refractivity contribution < 1.29 is 9.47 Å². The molecule has 0 fully saturated rings. The monoisotopic (exact) mass is 310 g/mol. The van der Waals surface area contributed by atoms with Gasteiger partial charge in [0.25, 0.3) is 0 Å². The lowest BCUT2D eigenvalue weighted by Gasteiger charge is -2.24. The first-order valence-electron chi connectivity index (χ1n) is 8.27. The molecule has 0 aromatic heterocycles. The van der Waals surface area contributed by atoms with Crippen molar-refractivity contribution in [1.29, 1.82) is 0 Å². The fourth-order valence-electron chi connectivity index (χ4n) is 2.47. The Morgan fingerprint density at radius 1 is 0.826 bits per heavy atom. The van der Waals surface area contributed by atoms with E-state index in [-0.39, 0.29) is 12.2 Å². The predicted molar refractivity (Wildman–Crippen MR) is 95.1 cm³/mol. The van der Waals surface area contributed by atoms with Gasteiger partial charge in [0.2, 0.25) is 0 Å². The van der Waals surface area contributed by atoms with E-state index in [4.69, 9.17) is 9.47 Å². The molecule has 0 saturated heterocycles. The molecule has 2 nitrogen and oxygen atoms in total.